The summed E-state index contributed by atoms with van der Waals surface area (Å²) in [4.78, 5) is 0.308. The van der Waals surface area contributed by atoms with E-state index in [1.807, 2.05) is 11.8 Å². The van der Waals surface area contributed by atoms with Gasteiger partial charge in [-0.3, -0.25) is 0 Å². The zero-order chi connectivity index (χ0) is 14.8. The first-order valence-electron chi connectivity index (χ1n) is 6.79. The van der Waals surface area contributed by atoms with Crippen LogP contribution in [0.25, 0.3) is 0 Å². The molecular weight excluding hydrogens is 296 g/mol. The SMILES string of the molecule is CNCc1c(C)oc(C)c1S(=O)(=O)NC1CCSCC1. The zero-order valence-corrected chi connectivity index (χ0v) is 13.8. The van der Waals surface area contributed by atoms with E-state index in [2.05, 4.69) is 10.0 Å². The van der Waals surface area contributed by atoms with Gasteiger partial charge < -0.3 is 9.73 Å². The van der Waals surface area contributed by atoms with Crippen molar-refractivity contribution in [2.75, 3.05) is 18.6 Å². The fourth-order valence-corrected chi connectivity index (χ4v) is 5.40. The molecule has 2 rings (SSSR count). The highest BCUT2D eigenvalue weighted by Crippen LogP contribution is 2.27. The van der Waals surface area contributed by atoms with Crippen molar-refractivity contribution in [3.63, 3.8) is 0 Å². The van der Waals surface area contributed by atoms with E-state index in [4.69, 9.17) is 4.42 Å². The summed E-state index contributed by atoms with van der Waals surface area (Å²) in [6.07, 6.45) is 1.78. The van der Waals surface area contributed by atoms with Crippen LogP contribution in [0, 0.1) is 13.8 Å². The highest BCUT2D eigenvalue weighted by molar-refractivity contribution is 7.99. The Kier molecular flexibility index (Phi) is 5.17. The van der Waals surface area contributed by atoms with Crippen molar-refractivity contribution in [2.24, 2.45) is 0 Å². The van der Waals surface area contributed by atoms with Crippen molar-refractivity contribution in [3.05, 3.63) is 17.1 Å². The van der Waals surface area contributed by atoms with E-state index in [0.717, 1.165) is 29.9 Å². The molecule has 0 bridgehead atoms. The molecule has 1 aliphatic heterocycles. The van der Waals surface area contributed by atoms with Crippen molar-refractivity contribution in [3.8, 4) is 0 Å². The molecule has 0 radical (unpaired) electrons. The largest absolute Gasteiger partial charge is 0.465 e. The molecule has 114 valence electrons. The Morgan fingerprint density at radius 3 is 2.50 bits per heavy atom. The van der Waals surface area contributed by atoms with Crippen LogP contribution in [0.5, 0.6) is 0 Å². The number of thioether (sulfide) groups is 1. The first kappa shape index (κ1) is 15.9. The van der Waals surface area contributed by atoms with Crippen LogP contribution in [-0.4, -0.2) is 33.0 Å². The van der Waals surface area contributed by atoms with Gasteiger partial charge in [-0.15, -0.1) is 0 Å². The smallest absolute Gasteiger partial charge is 0.244 e. The van der Waals surface area contributed by atoms with Gasteiger partial charge in [0.05, 0.1) is 0 Å². The molecule has 1 fully saturated rings. The molecule has 0 aliphatic carbocycles. The molecule has 0 spiro atoms. The van der Waals surface area contributed by atoms with Crippen molar-refractivity contribution in [1.29, 1.82) is 0 Å². The summed E-state index contributed by atoms with van der Waals surface area (Å²) in [5.74, 6) is 3.15. The standard InChI is InChI=1S/C13H22N2O3S2/c1-9-12(8-14-3)13(10(2)18-9)20(16,17)15-11-4-6-19-7-5-11/h11,14-15H,4-8H2,1-3H3. The Morgan fingerprint density at radius 2 is 1.90 bits per heavy atom. The van der Waals surface area contributed by atoms with Gasteiger partial charge in [0.1, 0.15) is 16.4 Å². The molecule has 2 N–H and O–H groups in total. The maximum Gasteiger partial charge on any atom is 0.244 e. The van der Waals surface area contributed by atoms with E-state index < -0.39 is 10.0 Å². The summed E-state index contributed by atoms with van der Waals surface area (Å²) in [5.41, 5.74) is 0.725. The molecular formula is C13H22N2O3S2. The van der Waals surface area contributed by atoms with Crippen LogP contribution < -0.4 is 10.0 Å². The molecule has 0 saturated carbocycles. The normalized spacial score (nSPS) is 17.6. The lowest BCUT2D eigenvalue weighted by atomic mass is 10.2. The number of nitrogens with one attached hydrogen (secondary N) is 2. The highest BCUT2D eigenvalue weighted by atomic mass is 32.2. The van der Waals surface area contributed by atoms with E-state index in [1.165, 1.54) is 0 Å². The average Bonchev–Trinajstić information content (AvgIpc) is 2.66. The molecule has 1 aliphatic rings. The lowest BCUT2D eigenvalue weighted by Crippen LogP contribution is -2.37. The Morgan fingerprint density at radius 1 is 1.25 bits per heavy atom. The van der Waals surface area contributed by atoms with Gasteiger partial charge in [-0.25, -0.2) is 13.1 Å². The van der Waals surface area contributed by atoms with Crippen LogP contribution in [0.15, 0.2) is 9.31 Å². The topological polar surface area (TPSA) is 71.3 Å². The third-order valence-corrected chi connectivity index (χ3v) is 6.25. The van der Waals surface area contributed by atoms with Gasteiger partial charge in [0.2, 0.25) is 10.0 Å². The van der Waals surface area contributed by atoms with Crippen molar-refractivity contribution in [1.82, 2.24) is 10.0 Å². The van der Waals surface area contributed by atoms with Crippen molar-refractivity contribution < 1.29 is 12.8 Å². The highest BCUT2D eigenvalue weighted by Gasteiger charge is 2.29. The molecule has 2 heterocycles. The molecule has 0 atom stereocenters. The Balaban J connectivity index is 2.28. The predicted octanol–water partition coefficient (Wildman–Crippen LogP) is 1.79. The molecule has 0 unspecified atom stereocenters. The van der Waals surface area contributed by atoms with E-state index in [-0.39, 0.29) is 6.04 Å². The maximum absolute atomic E-state index is 12.6. The minimum absolute atomic E-state index is 0.0401. The van der Waals surface area contributed by atoms with Crippen LogP contribution >= 0.6 is 11.8 Å². The quantitative estimate of drug-likeness (QED) is 0.866. The summed E-state index contributed by atoms with van der Waals surface area (Å²) < 4.78 is 33.6. The van der Waals surface area contributed by atoms with Gasteiger partial charge in [0, 0.05) is 18.2 Å². The Bertz CT molecular complexity index is 560. The van der Waals surface area contributed by atoms with Crippen LogP contribution in [0.4, 0.5) is 0 Å². The van der Waals surface area contributed by atoms with Crippen molar-refractivity contribution in [2.45, 2.75) is 44.2 Å². The summed E-state index contributed by atoms with van der Waals surface area (Å²) in [6, 6.07) is 0.0401. The first-order chi connectivity index (χ1) is 9.45. The number of furan rings is 1. The lowest BCUT2D eigenvalue weighted by Gasteiger charge is -2.22. The predicted molar refractivity (Wildman–Crippen MR) is 81.6 cm³/mol. The lowest BCUT2D eigenvalue weighted by molar-refractivity contribution is 0.491. The minimum Gasteiger partial charge on any atom is -0.465 e. The summed E-state index contributed by atoms with van der Waals surface area (Å²) in [6.45, 7) is 3.99. The number of sulfonamides is 1. The van der Waals surface area contributed by atoms with Gasteiger partial charge in [0.25, 0.3) is 0 Å². The zero-order valence-electron chi connectivity index (χ0n) is 12.2. The molecule has 0 aromatic carbocycles. The van der Waals surface area contributed by atoms with E-state index in [1.54, 1.807) is 20.9 Å². The molecule has 1 saturated heterocycles. The fraction of sp³-hybridized carbons (Fsp3) is 0.692. The van der Waals surface area contributed by atoms with Crippen LogP contribution in [0.2, 0.25) is 0 Å². The minimum atomic E-state index is -3.52. The third-order valence-electron chi connectivity index (χ3n) is 3.49. The third kappa shape index (κ3) is 3.39. The molecule has 7 heteroatoms. The van der Waals surface area contributed by atoms with Crippen LogP contribution in [0.3, 0.4) is 0 Å². The van der Waals surface area contributed by atoms with Crippen LogP contribution in [-0.2, 0) is 16.6 Å². The van der Waals surface area contributed by atoms with Gasteiger partial charge in [0.15, 0.2) is 0 Å². The van der Waals surface area contributed by atoms with Gasteiger partial charge >= 0.3 is 0 Å². The Hall–Kier alpha value is -0.500. The molecule has 1 aromatic heterocycles. The number of hydrogen-bond acceptors (Lipinski definition) is 5. The van der Waals surface area contributed by atoms with E-state index in [9.17, 15) is 8.42 Å². The van der Waals surface area contributed by atoms with Gasteiger partial charge in [-0.1, -0.05) is 0 Å². The fourth-order valence-electron chi connectivity index (χ4n) is 2.54. The van der Waals surface area contributed by atoms with Crippen LogP contribution in [0.1, 0.15) is 29.9 Å². The monoisotopic (exact) mass is 318 g/mol. The first-order valence-corrected chi connectivity index (χ1v) is 9.43. The van der Waals surface area contributed by atoms with E-state index in [0.29, 0.717) is 23.0 Å². The molecule has 0 amide bonds. The number of aryl methyl sites for hydroxylation is 2. The summed E-state index contributed by atoms with van der Waals surface area (Å²) in [5, 5.41) is 3.00. The maximum atomic E-state index is 12.6. The summed E-state index contributed by atoms with van der Waals surface area (Å²) in [7, 11) is -1.72. The Labute approximate surface area is 124 Å². The number of rotatable bonds is 5. The summed E-state index contributed by atoms with van der Waals surface area (Å²) >= 11 is 1.88. The second-order valence-corrected chi connectivity index (χ2v) is 7.94. The van der Waals surface area contributed by atoms with Gasteiger partial charge in [-0.05, 0) is 45.2 Å². The molecule has 1 aromatic rings. The average molecular weight is 318 g/mol. The second-order valence-electron chi connectivity index (χ2n) is 5.06. The molecule has 20 heavy (non-hydrogen) atoms. The van der Waals surface area contributed by atoms with Crippen molar-refractivity contribution >= 4 is 21.8 Å². The van der Waals surface area contributed by atoms with E-state index >= 15 is 0 Å². The second kappa shape index (κ2) is 6.51. The van der Waals surface area contributed by atoms with Gasteiger partial charge in [-0.2, -0.15) is 11.8 Å². The number of hydrogen-bond donors (Lipinski definition) is 2. The molecule has 5 nitrogen and oxygen atoms in total.